The van der Waals surface area contributed by atoms with Gasteiger partial charge in [-0.25, -0.2) is 0 Å². The molecule has 0 bridgehead atoms. The first-order valence-corrected chi connectivity index (χ1v) is 23.6. The normalized spacial score (nSPS) is 14.7. The molecule has 0 aromatic heterocycles. The molecule has 0 nitrogen and oxygen atoms in total. The topological polar surface area (TPSA) is 0 Å². The molecular weight excluding hydrogens is 787 g/mol. The van der Waals surface area contributed by atoms with Crippen LogP contribution in [0.25, 0.3) is 33.4 Å². The largest absolute Gasteiger partial charge is 1.00 e. The van der Waals surface area contributed by atoms with Crippen LogP contribution in [0, 0.1) is 52.9 Å². The van der Waals surface area contributed by atoms with Gasteiger partial charge in [0.1, 0.15) is 0 Å². The second kappa shape index (κ2) is 17.2. The minimum atomic E-state index is -2.87. The van der Waals surface area contributed by atoms with Crippen molar-refractivity contribution in [2.24, 2.45) is 11.3 Å². The van der Waals surface area contributed by atoms with Crippen molar-refractivity contribution in [1.29, 1.82) is 0 Å². The number of allylic oxidation sites excluding steroid dienone is 4. The zero-order chi connectivity index (χ0) is 37.8. The van der Waals surface area contributed by atoms with Gasteiger partial charge in [0.2, 0.25) is 0 Å². The third-order valence-electron chi connectivity index (χ3n) is 11.9. The molecule has 1 unspecified atom stereocenters. The van der Waals surface area contributed by atoms with Crippen LogP contribution in [-0.2, 0) is 27.7 Å². The molecule has 0 saturated heterocycles. The predicted molar refractivity (Wildman–Crippen MR) is 228 cm³/mol. The van der Waals surface area contributed by atoms with Crippen LogP contribution in [0.5, 0.6) is 0 Å². The van der Waals surface area contributed by atoms with E-state index in [0.717, 1.165) is 6.42 Å². The average Bonchev–Trinajstić information content (AvgIpc) is 3.69. The Bertz CT molecular complexity index is 2300. The van der Waals surface area contributed by atoms with E-state index in [0.29, 0.717) is 5.92 Å². The average molecular weight is 845 g/mol. The third-order valence-corrected chi connectivity index (χ3v) is 19.8. The zero-order valence-corrected chi connectivity index (χ0v) is 38.9. The molecule has 0 radical (unpaired) electrons. The van der Waals surface area contributed by atoms with Crippen LogP contribution in [0.2, 0.25) is 0 Å². The van der Waals surface area contributed by atoms with Gasteiger partial charge in [0.25, 0.3) is 0 Å². The van der Waals surface area contributed by atoms with Crippen LogP contribution in [0.3, 0.4) is 0 Å². The van der Waals surface area contributed by atoms with Gasteiger partial charge in [-0.05, 0) is 0 Å². The Morgan fingerprint density at radius 2 is 1.25 bits per heavy atom. The third kappa shape index (κ3) is 8.33. The summed E-state index contributed by atoms with van der Waals surface area (Å²) in [5.41, 5.74) is 22.9. The Balaban J connectivity index is 0.00000290. The van der Waals surface area contributed by atoms with Crippen molar-refractivity contribution in [2.75, 3.05) is 0 Å². The molecule has 0 spiro atoms. The van der Waals surface area contributed by atoms with Crippen molar-refractivity contribution >= 4 is 6.48 Å². The number of aryl methyl sites for hydroxylation is 6. The smallest absolute Gasteiger partial charge is 1.00 e. The second-order valence-electron chi connectivity index (χ2n) is 17.2. The number of halogens is 2. The Hall–Kier alpha value is -3.09. The zero-order valence-electron chi connectivity index (χ0n) is 34.9. The van der Waals surface area contributed by atoms with Gasteiger partial charge >= 0.3 is 330 Å². The first-order valence-electron chi connectivity index (χ1n) is 19.9. The van der Waals surface area contributed by atoms with Crippen molar-refractivity contribution in [3.8, 4) is 33.4 Å². The molecule has 0 heterocycles. The summed E-state index contributed by atoms with van der Waals surface area (Å²) in [5, 5.41) is 0. The molecular formula is C52H58Cl2Zr. The minimum Gasteiger partial charge on any atom is -1.00 e. The maximum absolute atomic E-state index is 2.87. The number of hydrogen-bond donors (Lipinski definition) is 0. The summed E-state index contributed by atoms with van der Waals surface area (Å²) in [7, 11) is 0. The van der Waals surface area contributed by atoms with Crippen LogP contribution >= 0.6 is 0 Å². The fourth-order valence-corrected chi connectivity index (χ4v) is 18.1. The standard InChI is InChI=1S/C31H29.C13H21.C8H8.2ClH.Zr/c1-18-11-20(3)30(21(4)12-18)24-7-9-28-26(15-24)17-27-16-25(8-10-29(27)28)31-22(5)13-19(2)14-23(31)6;1-5-6-7-11-8-9-12(10-11)13(2,3)4;1-2-8-6-4-3-5-7-8;;;/h7-15H,17H2,1-6H3;9-11H,5-7H2,1-4H3;3-7H,1H3;2*1H;/q;;;;;+2/p-2. The van der Waals surface area contributed by atoms with E-state index in [1.807, 2.05) is 0 Å². The molecule has 0 amide bonds. The van der Waals surface area contributed by atoms with Crippen LogP contribution in [0.1, 0.15) is 104 Å². The molecule has 284 valence electrons. The number of benzene rings is 5. The summed E-state index contributed by atoms with van der Waals surface area (Å²) in [6, 6.07) is 33.3. The van der Waals surface area contributed by atoms with Crippen molar-refractivity contribution < 1.29 is 46.1 Å². The molecule has 3 heteroatoms. The minimum absolute atomic E-state index is 0. The number of hydrogen-bond acceptors (Lipinski definition) is 0. The number of rotatable bonds is 8. The second-order valence-corrected chi connectivity index (χ2v) is 23.5. The Morgan fingerprint density at radius 3 is 1.84 bits per heavy atom. The fraction of sp³-hybridized carbons (Fsp3) is 0.327. The SMILES string of the molecule is CCCCC1C=C(C(C)(C)C)C=[C]1/[Zr+2](=[C](\C)c1ccccc1)[c]1c(-c2c(C)cc(C)cc2C)ccc2c1Cc1cc(-c3c(C)cc(C)cc3C)ccc1-2.[Cl-].[Cl-]. The van der Waals surface area contributed by atoms with Crippen molar-refractivity contribution in [1.82, 2.24) is 0 Å². The van der Waals surface area contributed by atoms with E-state index in [2.05, 4.69) is 173 Å². The van der Waals surface area contributed by atoms with Gasteiger partial charge in [0.05, 0.1) is 0 Å². The van der Waals surface area contributed by atoms with Crippen molar-refractivity contribution in [3.63, 3.8) is 0 Å². The summed E-state index contributed by atoms with van der Waals surface area (Å²) in [4.78, 5) is 0. The van der Waals surface area contributed by atoms with Crippen molar-refractivity contribution in [2.45, 2.75) is 102 Å². The molecule has 2 aliphatic rings. The Kier molecular flexibility index (Phi) is 13.4. The quantitative estimate of drug-likeness (QED) is 0.148. The molecule has 5 aromatic rings. The van der Waals surface area contributed by atoms with Crippen LogP contribution in [0.4, 0.5) is 0 Å². The number of unbranched alkanes of at least 4 members (excludes halogenated alkanes) is 1. The van der Waals surface area contributed by atoms with Gasteiger partial charge in [-0.1, -0.05) is 0 Å². The summed E-state index contributed by atoms with van der Waals surface area (Å²) >= 11 is -2.87. The molecule has 0 fully saturated rings. The van der Waals surface area contributed by atoms with Crippen LogP contribution in [0.15, 0.2) is 106 Å². The van der Waals surface area contributed by atoms with Gasteiger partial charge in [0.15, 0.2) is 0 Å². The molecule has 7 rings (SSSR count). The maximum Gasteiger partial charge on any atom is -1.00 e. The molecule has 5 aromatic carbocycles. The Morgan fingerprint density at radius 1 is 0.691 bits per heavy atom. The van der Waals surface area contributed by atoms with E-state index in [9.17, 15) is 0 Å². The van der Waals surface area contributed by atoms with Gasteiger partial charge in [-0.3, -0.25) is 0 Å². The molecule has 2 aliphatic carbocycles. The summed E-state index contributed by atoms with van der Waals surface area (Å²) in [6.07, 6.45) is 10.1. The van der Waals surface area contributed by atoms with Gasteiger partial charge < -0.3 is 24.8 Å². The van der Waals surface area contributed by atoms with E-state index in [4.69, 9.17) is 0 Å². The van der Waals surface area contributed by atoms with Gasteiger partial charge in [0, 0.05) is 0 Å². The molecule has 0 saturated carbocycles. The molecule has 1 atom stereocenters. The van der Waals surface area contributed by atoms with E-state index in [1.54, 1.807) is 15.3 Å². The van der Waals surface area contributed by atoms with Crippen LogP contribution in [-0.4, -0.2) is 3.21 Å². The number of fused-ring (bicyclic) bond motifs is 3. The molecule has 55 heavy (non-hydrogen) atoms. The van der Waals surface area contributed by atoms with E-state index >= 15 is 0 Å². The van der Waals surface area contributed by atoms with Crippen LogP contribution < -0.4 is 28.1 Å². The first-order chi connectivity index (χ1) is 25.3. The van der Waals surface area contributed by atoms with Gasteiger partial charge in [-0.2, -0.15) is 0 Å². The van der Waals surface area contributed by atoms with Crippen molar-refractivity contribution in [3.05, 3.63) is 156 Å². The van der Waals surface area contributed by atoms with E-state index < -0.39 is 21.3 Å². The van der Waals surface area contributed by atoms with E-state index in [-0.39, 0.29) is 30.2 Å². The molecule has 0 N–H and O–H groups in total. The predicted octanol–water partition coefficient (Wildman–Crippen LogP) is 7.61. The monoisotopic (exact) mass is 842 g/mol. The Labute approximate surface area is 352 Å². The maximum atomic E-state index is 2.71. The fourth-order valence-electron chi connectivity index (χ4n) is 9.56. The molecule has 0 aliphatic heterocycles. The summed E-state index contributed by atoms with van der Waals surface area (Å²) in [6.45, 7) is 25.8. The summed E-state index contributed by atoms with van der Waals surface area (Å²) < 4.78 is 5.12. The van der Waals surface area contributed by atoms with E-state index in [1.165, 1.54) is 103 Å². The first kappa shape index (κ1) is 43.0. The summed E-state index contributed by atoms with van der Waals surface area (Å²) in [5.74, 6) is 0.504. The van der Waals surface area contributed by atoms with Gasteiger partial charge in [-0.15, -0.1) is 0 Å².